The van der Waals surface area contributed by atoms with Crippen molar-refractivity contribution in [3.8, 4) is 0 Å². The van der Waals surface area contributed by atoms with Gasteiger partial charge in [-0.2, -0.15) is 0 Å². The van der Waals surface area contributed by atoms with Crippen molar-refractivity contribution in [1.29, 1.82) is 0 Å². The van der Waals surface area contributed by atoms with Crippen molar-refractivity contribution in [1.82, 2.24) is 4.90 Å². The van der Waals surface area contributed by atoms with E-state index in [1.54, 1.807) is 26.1 Å². The summed E-state index contributed by atoms with van der Waals surface area (Å²) in [6.45, 7) is 0.725. The summed E-state index contributed by atoms with van der Waals surface area (Å²) in [5, 5.41) is 3.49. The van der Waals surface area contributed by atoms with E-state index in [0.29, 0.717) is 11.6 Å². The Balaban J connectivity index is 1.99. The number of nitrogens with one attached hydrogen (secondary N) is 1. The smallest absolute Gasteiger partial charge is 0.253 e. The van der Waals surface area contributed by atoms with Crippen molar-refractivity contribution in [3.63, 3.8) is 0 Å². The Morgan fingerprint density at radius 3 is 2.47 bits per heavy atom. The molecule has 1 fully saturated rings. The standard InChI is InChI=1S/C15H22N2O2/c1-17(2)15(18)12-6-8-13(9-7-12)16-14(10-19-3)11-4-5-11/h6-9,11,14,16H,4-5,10H2,1-3H3. The third kappa shape index (κ3) is 3.70. The second kappa shape index (κ2) is 6.06. The minimum atomic E-state index is 0.0298. The first-order valence-electron chi connectivity index (χ1n) is 6.69. The largest absolute Gasteiger partial charge is 0.383 e. The number of carbonyl (C=O) groups excluding carboxylic acids is 1. The molecule has 4 heteroatoms. The van der Waals surface area contributed by atoms with E-state index < -0.39 is 0 Å². The number of hydrogen-bond acceptors (Lipinski definition) is 3. The van der Waals surface area contributed by atoms with Crippen LogP contribution in [0.5, 0.6) is 0 Å². The third-order valence-electron chi connectivity index (χ3n) is 3.43. The first-order chi connectivity index (χ1) is 9.11. The zero-order valence-corrected chi connectivity index (χ0v) is 11.8. The number of anilines is 1. The number of methoxy groups -OCH3 is 1. The molecule has 1 amide bonds. The SMILES string of the molecule is COCC(Nc1ccc(C(=O)N(C)C)cc1)C1CC1. The normalized spacial score (nSPS) is 15.9. The van der Waals surface area contributed by atoms with Crippen molar-refractivity contribution in [3.05, 3.63) is 29.8 Å². The topological polar surface area (TPSA) is 41.6 Å². The molecule has 1 N–H and O–H groups in total. The maximum atomic E-state index is 11.8. The molecule has 0 spiro atoms. The summed E-state index contributed by atoms with van der Waals surface area (Å²) in [4.78, 5) is 13.4. The molecule has 1 unspecified atom stereocenters. The van der Waals surface area contributed by atoms with Crippen LogP contribution in [0.4, 0.5) is 5.69 Å². The molecule has 19 heavy (non-hydrogen) atoms. The highest BCUT2D eigenvalue weighted by Crippen LogP contribution is 2.34. The van der Waals surface area contributed by atoms with Gasteiger partial charge >= 0.3 is 0 Å². The summed E-state index contributed by atoms with van der Waals surface area (Å²) in [5.74, 6) is 0.755. The maximum absolute atomic E-state index is 11.8. The van der Waals surface area contributed by atoms with Crippen LogP contribution in [0.2, 0.25) is 0 Å². The molecule has 0 heterocycles. The summed E-state index contributed by atoms with van der Waals surface area (Å²) in [6, 6.07) is 8.02. The molecule has 2 rings (SSSR count). The minimum Gasteiger partial charge on any atom is -0.383 e. The number of ether oxygens (including phenoxy) is 1. The predicted molar refractivity (Wildman–Crippen MR) is 76.5 cm³/mol. The minimum absolute atomic E-state index is 0.0298. The Kier molecular flexibility index (Phi) is 4.43. The van der Waals surface area contributed by atoms with Crippen molar-refractivity contribution in [2.45, 2.75) is 18.9 Å². The van der Waals surface area contributed by atoms with Gasteiger partial charge in [0.1, 0.15) is 0 Å². The van der Waals surface area contributed by atoms with Crippen LogP contribution >= 0.6 is 0 Å². The molecule has 1 atom stereocenters. The highest BCUT2D eigenvalue weighted by Gasteiger charge is 2.31. The van der Waals surface area contributed by atoms with Crippen LogP contribution in [0.3, 0.4) is 0 Å². The summed E-state index contributed by atoms with van der Waals surface area (Å²) in [7, 11) is 5.25. The second-order valence-corrected chi connectivity index (χ2v) is 5.32. The first-order valence-corrected chi connectivity index (χ1v) is 6.69. The van der Waals surface area contributed by atoms with Crippen LogP contribution in [-0.2, 0) is 4.74 Å². The Hall–Kier alpha value is -1.55. The lowest BCUT2D eigenvalue weighted by Gasteiger charge is -2.19. The van der Waals surface area contributed by atoms with Crippen molar-refractivity contribution in [2.24, 2.45) is 5.92 Å². The fraction of sp³-hybridized carbons (Fsp3) is 0.533. The number of carbonyl (C=O) groups is 1. The molecular weight excluding hydrogens is 240 g/mol. The molecule has 0 radical (unpaired) electrons. The average Bonchev–Trinajstić information content (AvgIpc) is 3.22. The molecule has 4 nitrogen and oxygen atoms in total. The van der Waals surface area contributed by atoms with Gasteiger partial charge in [0.05, 0.1) is 12.6 Å². The summed E-state index contributed by atoms with van der Waals surface area (Å²) >= 11 is 0. The van der Waals surface area contributed by atoms with Gasteiger partial charge in [-0.05, 0) is 43.0 Å². The van der Waals surface area contributed by atoms with Gasteiger partial charge in [-0.15, -0.1) is 0 Å². The van der Waals surface area contributed by atoms with Crippen LogP contribution in [0.25, 0.3) is 0 Å². The van der Waals surface area contributed by atoms with Gasteiger partial charge in [-0.25, -0.2) is 0 Å². The number of rotatable bonds is 6. The molecule has 0 saturated heterocycles. The summed E-state index contributed by atoms with van der Waals surface area (Å²) in [6.07, 6.45) is 2.55. The molecule has 0 aliphatic heterocycles. The Morgan fingerprint density at radius 2 is 2.00 bits per heavy atom. The van der Waals surface area contributed by atoms with Crippen LogP contribution in [0, 0.1) is 5.92 Å². The van der Waals surface area contributed by atoms with Gasteiger partial charge in [0.25, 0.3) is 5.91 Å². The highest BCUT2D eigenvalue weighted by molar-refractivity contribution is 5.94. The first kappa shape index (κ1) is 13.9. The Labute approximate surface area is 114 Å². The van der Waals surface area contributed by atoms with Gasteiger partial charge in [-0.3, -0.25) is 4.79 Å². The molecule has 1 aliphatic carbocycles. The summed E-state index contributed by atoms with van der Waals surface area (Å²) < 4.78 is 5.25. The van der Waals surface area contributed by atoms with Crippen molar-refractivity contribution < 1.29 is 9.53 Å². The highest BCUT2D eigenvalue weighted by atomic mass is 16.5. The predicted octanol–water partition coefficient (Wildman–Crippen LogP) is 2.23. The monoisotopic (exact) mass is 262 g/mol. The lowest BCUT2D eigenvalue weighted by Crippen LogP contribution is -2.27. The van der Waals surface area contributed by atoms with Crippen LogP contribution in [0.1, 0.15) is 23.2 Å². The molecule has 104 valence electrons. The van der Waals surface area contributed by atoms with Gasteiger partial charge in [-0.1, -0.05) is 0 Å². The van der Waals surface area contributed by atoms with E-state index in [4.69, 9.17) is 4.74 Å². The third-order valence-corrected chi connectivity index (χ3v) is 3.43. The quantitative estimate of drug-likeness (QED) is 0.854. The van der Waals surface area contributed by atoms with E-state index >= 15 is 0 Å². The van der Waals surface area contributed by atoms with Gasteiger partial charge in [0.2, 0.25) is 0 Å². The number of amides is 1. The molecule has 1 aliphatic rings. The maximum Gasteiger partial charge on any atom is 0.253 e. The Bertz CT molecular complexity index is 424. The lowest BCUT2D eigenvalue weighted by molar-refractivity contribution is 0.0827. The number of nitrogens with zero attached hydrogens (tertiary/aromatic N) is 1. The van der Waals surface area contributed by atoms with Crippen LogP contribution < -0.4 is 5.32 Å². The molecule has 1 aromatic carbocycles. The fourth-order valence-corrected chi connectivity index (χ4v) is 2.16. The molecule has 0 aromatic heterocycles. The average molecular weight is 262 g/mol. The zero-order chi connectivity index (χ0) is 13.8. The number of hydrogen-bond donors (Lipinski definition) is 1. The Morgan fingerprint density at radius 1 is 1.37 bits per heavy atom. The van der Waals surface area contributed by atoms with Crippen LogP contribution in [-0.4, -0.2) is 44.7 Å². The van der Waals surface area contributed by atoms with E-state index in [-0.39, 0.29) is 5.91 Å². The molecule has 1 saturated carbocycles. The van der Waals surface area contributed by atoms with E-state index in [1.807, 2.05) is 24.3 Å². The summed E-state index contributed by atoms with van der Waals surface area (Å²) in [5.41, 5.74) is 1.76. The van der Waals surface area contributed by atoms with Gasteiger partial charge < -0.3 is 15.0 Å². The van der Waals surface area contributed by atoms with Gasteiger partial charge in [0.15, 0.2) is 0 Å². The van der Waals surface area contributed by atoms with Crippen molar-refractivity contribution >= 4 is 11.6 Å². The lowest BCUT2D eigenvalue weighted by atomic mass is 10.1. The van der Waals surface area contributed by atoms with E-state index in [2.05, 4.69) is 5.32 Å². The van der Waals surface area contributed by atoms with Gasteiger partial charge in [0, 0.05) is 32.5 Å². The second-order valence-electron chi connectivity index (χ2n) is 5.32. The fourth-order valence-electron chi connectivity index (χ4n) is 2.16. The molecule has 0 bridgehead atoms. The molecule has 1 aromatic rings. The molecular formula is C15H22N2O2. The van der Waals surface area contributed by atoms with Crippen molar-refractivity contribution in [2.75, 3.05) is 33.1 Å². The van der Waals surface area contributed by atoms with E-state index in [1.165, 1.54) is 12.8 Å². The van der Waals surface area contributed by atoms with E-state index in [9.17, 15) is 4.79 Å². The zero-order valence-electron chi connectivity index (χ0n) is 11.8. The van der Waals surface area contributed by atoms with Crippen LogP contribution in [0.15, 0.2) is 24.3 Å². The number of benzene rings is 1. The van der Waals surface area contributed by atoms with E-state index in [0.717, 1.165) is 18.2 Å².